The average Bonchev–Trinajstić information content (AvgIpc) is 2.79. The molecule has 5 nitrogen and oxygen atoms in total. The van der Waals surface area contributed by atoms with Crippen LogP contribution in [-0.4, -0.2) is 17.0 Å². The predicted octanol–water partition coefficient (Wildman–Crippen LogP) is 3.51. The second-order valence-electron chi connectivity index (χ2n) is 5.15. The van der Waals surface area contributed by atoms with Gasteiger partial charge in [-0.05, 0) is 36.6 Å². The molecule has 106 valence electrons. The maximum atomic E-state index is 11.7. The Morgan fingerprint density at radius 2 is 2.05 bits per heavy atom. The molecule has 2 aromatic rings. The number of anilines is 1. The van der Waals surface area contributed by atoms with Crippen LogP contribution in [0.2, 0.25) is 0 Å². The highest BCUT2D eigenvalue weighted by atomic mass is 16.4. The van der Waals surface area contributed by atoms with E-state index < -0.39 is 5.97 Å². The smallest absolute Gasteiger partial charge is 0.371 e. The summed E-state index contributed by atoms with van der Waals surface area (Å²) in [7, 11) is 0. The number of hydrogen-bond acceptors (Lipinski definition) is 3. The van der Waals surface area contributed by atoms with Crippen LogP contribution in [0, 0.1) is 5.92 Å². The van der Waals surface area contributed by atoms with Crippen LogP contribution in [0.4, 0.5) is 5.69 Å². The van der Waals surface area contributed by atoms with E-state index in [-0.39, 0.29) is 11.7 Å². The fourth-order valence-electron chi connectivity index (χ4n) is 1.87. The molecule has 1 aromatic carbocycles. The second-order valence-corrected chi connectivity index (χ2v) is 5.15. The minimum atomic E-state index is -1.11. The first kappa shape index (κ1) is 14.1. The van der Waals surface area contributed by atoms with Crippen molar-refractivity contribution in [2.24, 2.45) is 5.92 Å². The van der Waals surface area contributed by atoms with E-state index in [9.17, 15) is 9.59 Å². The largest absolute Gasteiger partial charge is 0.475 e. The lowest BCUT2D eigenvalue weighted by atomic mass is 10.1. The highest BCUT2D eigenvalue weighted by molar-refractivity contribution is 5.95. The summed E-state index contributed by atoms with van der Waals surface area (Å²) in [4.78, 5) is 22.6. The molecule has 5 heteroatoms. The Morgan fingerprint density at radius 1 is 1.30 bits per heavy atom. The third kappa shape index (κ3) is 3.38. The summed E-state index contributed by atoms with van der Waals surface area (Å²) in [5.41, 5.74) is 1.13. The van der Waals surface area contributed by atoms with Crippen LogP contribution >= 0.6 is 0 Å². The number of fused-ring (bicyclic) bond motifs is 1. The number of hydrogen-bond donors (Lipinski definition) is 2. The minimum absolute atomic E-state index is 0.0417. The van der Waals surface area contributed by atoms with E-state index in [1.807, 2.05) is 0 Å². The third-order valence-corrected chi connectivity index (χ3v) is 2.96. The zero-order chi connectivity index (χ0) is 14.7. The zero-order valence-corrected chi connectivity index (χ0v) is 11.5. The molecular weight excluding hydrogens is 258 g/mol. The highest BCUT2D eigenvalue weighted by Crippen LogP contribution is 2.23. The van der Waals surface area contributed by atoms with Gasteiger partial charge in [-0.3, -0.25) is 4.79 Å². The number of rotatable bonds is 5. The van der Waals surface area contributed by atoms with Crippen molar-refractivity contribution in [1.29, 1.82) is 0 Å². The molecular formula is C15H17NO4. The average molecular weight is 275 g/mol. The molecule has 0 fully saturated rings. The molecule has 20 heavy (non-hydrogen) atoms. The molecule has 1 heterocycles. The van der Waals surface area contributed by atoms with E-state index in [1.54, 1.807) is 18.2 Å². The summed E-state index contributed by atoms with van der Waals surface area (Å²) in [6.07, 6.45) is 1.31. The van der Waals surface area contributed by atoms with E-state index in [0.717, 1.165) is 6.42 Å². The lowest BCUT2D eigenvalue weighted by molar-refractivity contribution is -0.116. The first-order chi connectivity index (χ1) is 9.45. The van der Waals surface area contributed by atoms with Gasteiger partial charge in [0.15, 0.2) is 0 Å². The Bertz CT molecular complexity index is 642. The van der Waals surface area contributed by atoms with Crippen LogP contribution in [0.3, 0.4) is 0 Å². The maximum absolute atomic E-state index is 11.7. The van der Waals surface area contributed by atoms with Crippen LogP contribution in [0.25, 0.3) is 11.0 Å². The second kappa shape index (κ2) is 5.77. The lowest BCUT2D eigenvalue weighted by Crippen LogP contribution is -2.11. The van der Waals surface area contributed by atoms with Crippen molar-refractivity contribution in [3.63, 3.8) is 0 Å². The molecule has 2 N–H and O–H groups in total. The van der Waals surface area contributed by atoms with Crippen molar-refractivity contribution in [2.45, 2.75) is 26.7 Å². The molecule has 0 spiro atoms. The molecule has 0 radical (unpaired) electrons. The van der Waals surface area contributed by atoms with Gasteiger partial charge in [-0.15, -0.1) is 0 Å². The molecule has 0 saturated heterocycles. The standard InChI is InChI=1S/C15H17NO4/c1-9(2)3-6-14(17)16-11-4-5-12-10(7-11)8-13(20-12)15(18)19/h4-5,7-9H,3,6H2,1-2H3,(H,16,17)(H,18,19). The molecule has 1 aromatic heterocycles. The molecule has 0 saturated carbocycles. The first-order valence-electron chi connectivity index (χ1n) is 6.52. The van der Waals surface area contributed by atoms with Gasteiger partial charge in [-0.1, -0.05) is 13.8 Å². The molecule has 0 aliphatic rings. The fraction of sp³-hybridized carbons (Fsp3) is 0.333. The summed E-state index contributed by atoms with van der Waals surface area (Å²) >= 11 is 0. The SMILES string of the molecule is CC(C)CCC(=O)Nc1ccc2oc(C(=O)O)cc2c1. The van der Waals surface area contributed by atoms with Gasteiger partial charge in [0, 0.05) is 17.5 Å². The minimum Gasteiger partial charge on any atom is -0.475 e. The molecule has 0 unspecified atom stereocenters. The molecule has 0 aliphatic carbocycles. The van der Waals surface area contributed by atoms with Gasteiger partial charge >= 0.3 is 5.97 Å². The Morgan fingerprint density at radius 3 is 2.70 bits per heavy atom. The van der Waals surface area contributed by atoms with Crippen LogP contribution in [0.1, 0.15) is 37.2 Å². The number of amides is 1. The number of carboxylic acid groups (broad SMARTS) is 1. The van der Waals surface area contributed by atoms with Crippen molar-refractivity contribution in [2.75, 3.05) is 5.32 Å². The summed E-state index contributed by atoms with van der Waals surface area (Å²) in [5.74, 6) is -0.776. The Hall–Kier alpha value is -2.30. The van der Waals surface area contributed by atoms with Crippen LogP contribution in [0.15, 0.2) is 28.7 Å². The van der Waals surface area contributed by atoms with Crippen molar-refractivity contribution in [3.05, 3.63) is 30.0 Å². The van der Waals surface area contributed by atoms with Crippen molar-refractivity contribution < 1.29 is 19.1 Å². The van der Waals surface area contributed by atoms with Gasteiger partial charge < -0.3 is 14.8 Å². The summed E-state index contributed by atoms with van der Waals surface area (Å²) in [6, 6.07) is 6.50. The van der Waals surface area contributed by atoms with Gasteiger partial charge in [0.25, 0.3) is 0 Å². The van der Waals surface area contributed by atoms with Crippen LogP contribution in [-0.2, 0) is 4.79 Å². The highest BCUT2D eigenvalue weighted by Gasteiger charge is 2.11. The van der Waals surface area contributed by atoms with Crippen molar-refractivity contribution in [1.82, 2.24) is 0 Å². The number of carboxylic acids is 1. The van der Waals surface area contributed by atoms with E-state index >= 15 is 0 Å². The lowest BCUT2D eigenvalue weighted by Gasteiger charge is -2.06. The van der Waals surface area contributed by atoms with E-state index in [0.29, 0.717) is 29.0 Å². The molecule has 0 atom stereocenters. The maximum Gasteiger partial charge on any atom is 0.371 e. The number of carbonyl (C=O) groups excluding carboxylic acids is 1. The predicted molar refractivity (Wildman–Crippen MR) is 75.9 cm³/mol. The Kier molecular flexibility index (Phi) is 4.08. The van der Waals surface area contributed by atoms with Gasteiger partial charge in [0.05, 0.1) is 0 Å². The molecule has 1 amide bonds. The van der Waals surface area contributed by atoms with E-state index in [4.69, 9.17) is 9.52 Å². The summed E-state index contributed by atoms with van der Waals surface area (Å²) < 4.78 is 5.16. The quantitative estimate of drug-likeness (QED) is 0.875. The number of aromatic carboxylic acids is 1. The van der Waals surface area contributed by atoms with Gasteiger partial charge in [-0.25, -0.2) is 4.79 Å². The normalized spacial score (nSPS) is 10.9. The molecule has 0 aliphatic heterocycles. The third-order valence-electron chi connectivity index (χ3n) is 2.96. The van der Waals surface area contributed by atoms with Crippen molar-refractivity contribution >= 4 is 28.5 Å². The topological polar surface area (TPSA) is 79.5 Å². The number of nitrogens with one attached hydrogen (secondary N) is 1. The first-order valence-corrected chi connectivity index (χ1v) is 6.52. The number of carbonyl (C=O) groups is 2. The molecule has 2 rings (SSSR count). The monoisotopic (exact) mass is 275 g/mol. The Balaban J connectivity index is 2.11. The molecule has 0 bridgehead atoms. The summed E-state index contributed by atoms with van der Waals surface area (Å²) in [6.45, 7) is 4.14. The fourth-order valence-corrected chi connectivity index (χ4v) is 1.87. The number of furan rings is 1. The zero-order valence-electron chi connectivity index (χ0n) is 11.5. The van der Waals surface area contributed by atoms with Gasteiger partial charge in [-0.2, -0.15) is 0 Å². The van der Waals surface area contributed by atoms with Crippen molar-refractivity contribution in [3.8, 4) is 0 Å². The summed E-state index contributed by atoms with van der Waals surface area (Å²) in [5, 5.41) is 12.3. The van der Waals surface area contributed by atoms with Gasteiger partial charge in [0.2, 0.25) is 11.7 Å². The van der Waals surface area contributed by atoms with Gasteiger partial charge in [0.1, 0.15) is 5.58 Å². The van der Waals surface area contributed by atoms with Crippen LogP contribution < -0.4 is 5.32 Å². The number of benzene rings is 1. The van der Waals surface area contributed by atoms with Crippen LogP contribution in [0.5, 0.6) is 0 Å². The van der Waals surface area contributed by atoms with E-state index in [1.165, 1.54) is 6.07 Å². The Labute approximate surface area is 116 Å². The van der Waals surface area contributed by atoms with E-state index in [2.05, 4.69) is 19.2 Å².